The van der Waals surface area contributed by atoms with E-state index in [9.17, 15) is 0 Å². The van der Waals surface area contributed by atoms with Crippen molar-refractivity contribution in [3.63, 3.8) is 0 Å². The van der Waals surface area contributed by atoms with E-state index in [1.807, 2.05) is 60.7 Å². The largest absolute Gasteiger partial charge is 0.399 e. The molecule has 4 nitrogen and oxygen atoms in total. The second-order valence-corrected chi connectivity index (χ2v) is 5.85. The van der Waals surface area contributed by atoms with Crippen molar-refractivity contribution in [2.75, 3.05) is 22.9 Å². The van der Waals surface area contributed by atoms with Crippen LogP contribution in [0, 0.1) is 0 Å². The van der Waals surface area contributed by atoms with Gasteiger partial charge in [0.15, 0.2) is 0 Å². The molecule has 0 atom stereocenters. The van der Waals surface area contributed by atoms with E-state index in [4.69, 9.17) is 16.5 Å². The molecule has 1 aliphatic heterocycles. The molecule has 0 bridgehead atoms. The van der Waals surface area contributed by atoms with Crippen LogP contribution in [0.5, 0.6) is 0 Å². The minimum Gasteiger partial charge on any atom is -0.399 e. The summed E-state index contributed by atoms with van der Waals surface area (Å²) < 4.78 is 0. The number of hydrogen-bond acceptors (Lipinski definition) is 4. The Morgan fingerprint density at radius 1 is 0.792 bits per heavy atom. The zero-order valence-electron chi connectivity index (χ0n) is 13.2. The van der Waals surface area contributed by atoms with Crippen molar-refractivity contribution in [2.24, 2.45) is 4.99 Å². The van der Waals surface area contributed by atoms with Gasteiger partial charge in [-0.3, -0.25) is 0 Å². The summed E-state index contributed by atoms with van der Waals surface area (Å²) in [6.07, 6.45) is 0. The van der Waals surface area contributed by atoms with Gasteiger partial charge in [-0.05, 0) is 48.0 Å². The van der Waals surface area contributed by atoms with Gasteiger partial charge in [-0.25, -0.2) is 4.99 Å². The van der Waals surface area contributed by atoms with E-state index in [-0.39, 0.29) is 0 Å². The number of nitrogens with zero attached hydrogens (tertiary/aromatic N) is 2. The molecule has 24 heavy (non-hydrogen) atoms. The predicted molar refractivity (Wildman–Crippen MR) is 101 cm³/mol. The van der Waals surface area contributed by atoms with Crippen molar-refractivity contribution in [3.05, 3.63) is 78.4 Å². The van der Waals surface area contributed by atoms with Gasteiger partial charge >= 0.3 is 0 Å². The van der Waals surface area contributed by atoms with Gasteiger partial charge in [-0.1, -0.05) is 30.3 Å². The highest BCUT2D eigenvalue weighted by atomic mass is 15.2. The quantitative estimate of drug-likeness (QED) is 0.699. The van der Waals surface area contributed by atoms with Crippen molar-refractivity contribution >= 4 is 34.1 Å². The molecule has 0 amide bonds. The summed E-state index contributed by atoms with van der Waals surface area (Å²) in [6, 6.07) is 24.0. The Morgan fingerprint density at radius 2 is 1.50 bits per heavy atom. The highest BCUT2D eigenvalue weighted by Crippen LogP contribution is 2.39. The number of rotatable bonds is 2. The molecule has 0 aromatic heterocycles. The van der Waals surface area contributed by atoms with Crippen LogP contribution < -0.4 is 16.4 Å². The van der Waals surface area contributed by atoms with Crippen LogP contribution >= 0.6 is 0 Å². The maximum Gasteiger partial charge on any atom is 0.0891 e. The minimum absolute atomic E-state index is 0.699. The number of hydrogen-bond donors (Lipinski definition) is 2. The fraction of sp³-hybridized carbons (Fsp3) is 0.0500. The minimum atomic E-state index is 0.699. The maximum atomic E-state index is 5.97. The topological polar surface area (TPSA) is 67.6 Å². The number of nitrogens with two attached hydrogens (primary N) is 2. The Hall–Kier alpha value is -3.27. The Kier molecular flexibility index (Phi) is 3.43. The van der Waals surface area contributed by atoms with E-state index in [1.165, 1.54) is 0 Å². The molecule has 1 heterocycles. The van der Waals surface area contributed by atoms with Crippen LogP contribution in [0.4, 0.5) is 28.4 Å². The van der Waals surface area contributed by atoms with Gasteiger partial charge in [0.1, 0.15) is 0 Å². The van der Waals surface area contributed by atoms with E-state index >= 15 is 0 Å². The average molecular weight is 314 g/mol. The molecule has 4 N–H and O–H groups in total. The molecule has 0 radical (unpaired) electrons. The molecule has 3 aromatic rings. The summed E-state index contributed by atoms with van der Waals surface area (Å²) in [6.45, 7) is 0.699. The van der Waals surface area contributed by atoms with E-state index in [2.05, 4.69) is 17.0 Å². The summed E-state index contributed by atoms with van der Waals surface area (Å²) >= 11 is 0. The summed E-state index contributed by atoms with van der Waals surface area (Å²) in [4.78, 5) is 7.08. The molecular formula is C20H18N4. The first kappa shape index (κ1) is 14.3. The normalized spacial score (nSPS) is 13.3. The van der Waals surface area contributed by atoms with Crippen LogP contribution in [0.2, 0.25) is 0 Å². The SMILES string of the molecule is Nc1ccc(N2CC(c3ccccc3)=Nc3cc(N)ccc32)cc1. The van der Waals surface area contributed by atoms with Gasteiger partial charge in [0.25, 0.3) is 0 Å². The zero-order chi connectivity index (χ0) is 16.5. The summed E-state index contributed by atoms with van der Waals surface area (Å²) in [5, 5.41) is 0. The van der Waals surface area contributed by atoms with Crippen molar-refractivity contribution in [2.45, 2.75) is 0 Å². The monoisotopic (exact) mass is 314 g/mol. The molecule has 3 aromatic carbocycles. The van der Waals surface area contributed by atoms with Crippen molar-refractivity contribution < 1.29 is 0 Å². The van der Waals surface area contributed by atoms with E-state index in [0.717, 1.165) is 34.0 Å². The maximum absolute atomic E-state index is 5.97. The number of fused-ring (bicyclic) bond motifs is 1. The third-order valence-electron chi connectivity index (χ3n) is 4.17. The zero-order valence-corrected chi connectivity index (χ0v) is 13.2. The van der Waals surface area contributed by atoms with Crippen molar-refractivity contribution in [3.8, 4) is 0 Å². The summed E-state index contributed by atoms with van der Waals surface area (Å²) in [5.41, 5.74) is 18.4. The van der Waals surface area contributed by atoms with Gasteiger partial charge in [-0.2, -0.15) is 0 Å². The number of nitrogen functional groups attached to an aromatic ring is 2. The van der Waals surface area contributed by atoms with Crippen molar-refractivity contribution in [1.82, 2.24) is 0 Å². The van der Waals surface area contributed by atoms with Gasteiger partial charge in [0, 0.05) is 17.1 Å². The molecule has 0 spiro atoms. The van der Waals surface area contributed by atoms with Crippen molar-refractivity contribution in [1.29, 1.82) is 0 Å². The molecule has 118 valence electrons. The standard InChI is InChI=1S/C20H18N4/c21-15-6-9-17(10-7-15)24-13-19(14-4-2-1-3-5-14)23-18-12-16(22)8-11-20(18)24/h1-12H,13,21-22H2. The summed E-state index contributed by atoms with van der Waals surface area (Å²) in [5.74, 6) is 0. The second-order valence-electron chi connectivity index (χ2n) is 5.85. The Morgan fingerprint density at radius 3 is 2.25 bits per heavy atom. The second kappa shape index (κ2) is 5.74. The van der Waals surface area contributed by atoms with Gasteiger partial charge in [0.05, 0.1) is 23.6 Å². The van der Waals surface area contributed by atoms with Crippen LogP contribution in [-0.4, -0.2) is 12.3 Å². The lowest BCUT2D eigenvalue weighted by Gasteiger charge is -2.31. The molecule has 0 fully saturated rings. The average Bonchev–Trinajstić information content (AvgIpc) is 2.62. The van der Waals surface area contributed by atoms with Crippen LogP contribution in [0.15, 0.2) is 77.8 Å². The lowest BCUT2D eigenvalue weighted by Crippen LogP contribution is -2.28. The number of aliphatic imine (C=N–C) groups is 1. The van der Waals surface area contributed by atoms with Gasteiger partial charge in [0.2, 0.25) is 0 Å². The van der Waals surface area contributed by atoms with Gasteiger partial charge < -0.3 is 16.4 Å². The van der Waals surface area contributed by atoms with Gasteiger partial charge in [-0.15, -0.1) is 0 Å². The highest BCUT2D eigenvalue weighted by molar-refractivity contribution is 6.09. The van der Waals surface area contributed by atoms with E-state index < -0.39 is 0 Å². The first-order valence-corrected chi connectivity index (χ1v) is 7.86. The highest BCUT2D eigenvalue weighted by Gasteiger charge is 2.21. The molecule has 0 saturated heterocycles. The smallest absolute Gasteiger partial charge is 0.0891 e. The first-order chi connectivity index (χ1) is 11.7. The fourth-order valence-electron chi connectivity index (χ4n) is 2.94. The molecule has 4 rings (SSSR count). The number of benzene rings is 3. The molecule has 1 aliphatic rings. The van der Waals surface area contributed by atoms with E-state index in [0.29, 0.717) is 12.2 Å². The molecule has 0 aliphatic carbocycles. The fourth-order valence-corrected chi connectivity index (χ4v) is 2.94. The predicted octanol–water partition coefficient (Wildman–Crippen LogP) is 4.12. The lowest BCUT2D eigenvalue weighted by atomic mass is 10.1. The molecular weight excluding hydrogens is 296 g/mol. The molecule has 4 heteroatoms. The third-order valence-corrected chi connectivity index (χ3v) is 4.17. The lowest BCUT2D eigenvalue weighted by molar-refractivity contribution is 1.10. The first-order valence-electron chi connectivity index (χ1n) is 7.86. The Labute approximate surface area is 141 Å². The Bertz CT molecular complexity index is 899. The number of anilines is 4. The summed E-state index contributed by atoms with van der Waals surface area (Å²) in [7, 11) is 0. The third kappa shape index (κ3) is 2.58. The van der Waals surface area contributed by atoms with Crippen LogP contribution in [0.3, 0.4) is 0 Å². The molecule has 0 unspecified atom stereocenters. The molecule has 0 saturated carbocycles. The van der Waals surface area contributed by atoms with Crippen LogP contribution in [0.25, 0.3) is 0 Å². The Balaban J connectivity index is 1.84. The van der Waals surface area contributed by atoms with Crippen LogP contribution in [-0.2, 0) is 0 Å². The van der Waals surface area contributed by atoms with Crippen LogP contribution in [0.1, 0.15) is 5.56 Å². The van der Waals surface area contributed by atoms with E-state index in [1.54, 1.807) is 0 Å².